The van der Waals surface area contributed by atoms with E-state index in [1.54, 1.807) is 18.3 Å². The molecule has 3 aromatic rings. The number of carbonyl (C=O) groups excluding carboxylic acids is 1. The topological polar surface area (TPSA) is 50.7 Å². The van der Waals surface area contributed by atoms with Crippen LogP contribution in [0.25, 0.3) is 0 Å². The lowest BCUT2D eigenvalue weighted by Crippen LogP contribution is -2.19. The third kappa shape index (κ3) is 6.82. The number of carbonyl (C=O) groups is 1. The summed E-state index contributed by atoms with van der Waals surface area (Å²) in [6.07, 6.45) is 1.85. The monoisotopic (exact) mass is 596 g/mol. The van der Waals surface area contributed by atoms with Gasteiger partial charge in [-0.05, 0) is 92.2 Å². The van der Waals surface area contributed by atoms with Crippen LogP contribution in [0.15, 0.2) is 62.6 Å². The van der Waals surface area contributed by atoms with E-state index in [9.17, 15) is 4.79 Å². The van der Waals surface area contributed by atoms with Crippen molar-refractivity contribution in [2.24, 2.45) is 5.10 Å². The zero-order valence-corrected chi connectivity index (χ0v) is 22.1. The van der Waals surface area contributed by atoms with Crippen LogP contribution in [0.2, 0.25) is 10.0 Å². The van der Waals surface area contributed by atoms with E-state index in [4.69, 9.17) is 27.9 Å². The SMILES string of the molecule is Cc1ccc(CC(=O)N/N=C\c2cc(Br)c(OCc3ccc(Cl)cc3Cl)c(Br)c2)cc1C. The van der Waals surface area contributed by atoms with Crippen molar-refractivity contribution in [1.29, 1.82) is 0 Å². The fourth-order valence-corrected chi connectivity index (χ4v) is 4.81. The fourth-order valence-electron chi connectivity index (χ4n) is 2.90. The first-order valence-electron chi connectivity index (χ1n) is 9.66. The molecule has 0 unspecified atom stereocenters. The second-order valence-electron chi connectivity index (χ2n) is 7.23. The predicted octanol–water partition coefficient (Wildman–Crippen LogP) is 7.41. The molecule has 4 nitrogen and oxygen atoms in total. The maximum absolute atomic E-state index is 12.2. The maximum atomic E-state index is 12.2. The zero-order chi connectivity index (χ0) is 23.3. The summed E-state index contributed by atoms with van der Waals surface area (Å²) in [6.45, 7) is 4.36. The summed E-state index contributed by atoms with van der Waals surface area (Å²) in [6, 6.07) is 15.0. The van der Waals surface area contributed by atoms with Crippen LogP contribution >= 0.6 is 55.1 Å². The van der Waals surface area contributed by atoms with E-state index >= 15 is 0 Å². The van der Waals surface area contributed by atoms with Gasteiger partial charge in [0.2, 0.25) is 5.91 Å². The first kappa shape index (κ1) is 24.8. The average molecular weight is 599 g/mol. The molecule has 0 aliphatic rings. The van der Waals surface area contributed by atoms with Crippen LogP contribution in [0.4, 0.5) is 0 Å². The number of aryl methyl sites for hydroxylation is 2. The van der Waals surface area contributed by atoms with Gasteiger partial charge in [-0.3, -0.25) is 4.79 Å². The van der Waals surface area contributed by atoms with Gasteiger partial charge in [-0.25, -0.2) is 5.43 Å². The number of hydrogen-bond acceptors (Lipinski definition) is 3. The first-order valence-corrected chi connectivity index (χ1v) is 12.0. The molecule has 0 atom stereocenters. The number of rotatable bonds is 7. The Morgan fingerprint density at radius 2 is 1.75 bits per heavy atom. The number of halogens is 4. The van der Waals surface area contributed by atoms with E-state index in [-0.39, 0.29) is 18.9 Å². The summed E-state index contributed by atoms with van der Waals surface area (Å²) in [7, 11) is 0. The average Bonchev–Trinajstić information content (AvgIpc) is 2.71. The number of benzene rings is 3. The molecule has 166 valence electrons. The van der Waals surface area contributed by atoms with Crippen LogP contribution in [-0.2, 0) is 17.8 Å². The van der Waals surface area contributed by atoms with E-state index in [2.05, 4.69) is 42.4 Å². The van der Waals surface area contributed by atoms with Gasteiger partial charge in [0.05, 0.1) is 21.6 Å². The van der Waals surface area contributed by atoms with Gasteiger partial charge < -0.3 is 4.74 Å². The van der Waals surface area contributed by atoms with E-state index in [1.165, 1.54) is 5.56 Å². The number of hydrazone groups is 1. The van der Waals surface area contributed by atoms with Gasteiger partial charge >= 0.3 is 0 Å². The molecule has 0 spiro atoms. The Kier molecular flexibility index (Phi) is 8.77. The normalized spacial score (nSPS) is 11.1. The highest BCUT2D eigenvalue weighted by Crippen LogP contribution is 2.35. The number of ether oxygens (including phenoxy) is 1. The highest BCUT2D eigenvalue weighted by molar-refractivity contribution is 9.11. The minimum atomic E-state index is -0.178. The zero-order valence-electron chi connectivity index (χ0n) is 17.4. The van der Waals surface area contributed by atoms with Gasteiger partial charge in [0.15, 0.2) is 0 Å². The Morgan fingerprint density at radius 1 is 1.03 bits per heavy atom. The molecule has 0 saturated heterocycles. The second kappa shape index (κ2) is 11.3. The van der Waals surface area contributed by atoms with Crippen molar-refractivity contribution in [1.82, 2.24) is 5.43 Å². The van der Waals surface area contributed by atoms with Crippen LogP contribution in [0, 0.1) is 13.8 Å². The van der Waals surface area contributed by atoms with Gasteiger partial charge in [-0.15, -0.1) is 0 Å². The van der Waals surface area contributed by atoms with Crippen molar-refractivity contribution in [3.05, 3.63) is 95.3 Å². The smallest absolute Gasteiger partial charge is 0.244 e. The molecule has 3 rings (SSSR count). The lowest BCUT2D eigenvalue weighted by molar-refractivity contribution is -0.120. The van der Waals surface area contributed by atoms with Gasteiger partial charge in [-0.2, -0.15) is 5.10 Å². The lowest BCUT2D eigenvalue weighted by atomic mass is 10.0. The molecule has 0 bridgehead atoms. The summed E-state index contributed by atoms with van der Waals surface area (Å²) in [4.78, 5) is 12.2. The van der Waals surface area contributed by atoms with Gasteiger partial charge in [0.1, 0.15) is 12.4 Å². The summed E-state index contributed by atoms with van der Waals surface area (Å²) in [5.41, 5.74) is 7.49. The first-order chi connectivity index (χ1) is 15.2. The summed E-state index contributed by atoms with van der Waals surface area (Å²) in [5.74, 6) is 0.453. The molecule has 1 amide bonds. The fraction of sp³-hybridized carbons (Fsp3) is 0.167. The summed E-state index contributed by atoms with van der Waals surface area (Å²) >= 11 is 19.2. The Balaban J connectivity index is 1.60. The maximum Gasteiger partial charge on any atom is 0.244 e. The summed E-state index contributed by atoms with van der Waals surface area (Å²) < 4.78 is 7.39. The van der Waals surface area contributed by atoms with Gasteiger partial charge in [0.25, 0.3) is 0 Å². The standard InChI is InChI=1S/C24H20Br2Cl2N2O2/c1-14-3-4-16(7-15(14)2)10-23(31)30-29-12-17-8-20(25)24(21(26)9-17)32-13-18-5-6-19(27)11-22(18)28/h3-9,11-12H,10,13H2,1-2H3,(H,30,31)/b29-12-. The minimum Gasteiger partial charge on any atom is -0.486 e. The number of amides is 1. The quantitative estimate of drug-likeness (QED) is 0.227. The Hall–Kier alpha value is -1.86. The molecule has 0 radical (unpaired) electrons. The molecule has 32 heavy (non-hydrogen) atoms. The highest BCUT2D eigenvalue weighted by Gasteiger charge is 2.11. The van der Waals surface area contributed by atoms with Crippen LogP contribution < -0.4 is 10.2 Å². The van der Waals surface area contributed by atoms with E-state index in [0.717, 1.165) is 31.2 Å². The van der Waals surface area contributed by atoms with Crippen LogP contribution in [0.5, 0.6) is 5.75 Å². The molecule has 0 aliphatic heterocycles. The largest absolute Gasteiger partial charge is 0.486 e. The molecule has 0 heterocycles. The molecule has 1 N–H and O–H groups in total. The number of nitrogens with one attached hydrogen (secondary N) is 1. The third-order valence-corrected chi connectivity index (χ3v) is 6.51. The molecule has 0 fully saturated rings. The van der Waals surface area contributed by atoms with Crippen LogP contribution in [0.1, 0.15) is 27.8 Å². The van der Waals surface area contributed by atoms with Crippen LogP contribution in [-0.4, -0.2) is 12.1 Å². The second-order valence-corrected chi connectivity index (χ2v) is 9.78. The molecular formula is C24H20Br2Cl2N2O2. The highest BCUT2D eigenvalue weighted by atomic mass is 79.9. The Labute approximate surface area is 214 Å². The molecule has 3 aromatic carbocycles. The third-order valence-electron chi connectivity index (χ3n) is 4.75. The van der Waals surface area contributed by atoms with Crippen molar-refractivity contribution >= 4 is 67.2 Å². The lowest BCUT2D eigenvalue weighted by Gasteiger charge is -2.12. The van der Waals surface area contributed by atoms with Crippen LogP contribution in [0.3, 0.4) is 0 Å². The summed E-state index contributed by atoms with van der Waals surface area (Å²) in [5, 5.41) is 5.19. The van der Waals surface area contributed by atoms with Crippen molar-refractivity contribution in [3.8, 4) is 5.75 Å². The Morgan fingerprint density at radius 3 is 2.41 bits per heavy atom. The minimum absolute atomic E-state index is 0.178. The number of nitrogens with zero attached hydrogens (tertiary/aromatic N) is 1. The van der Waals surface area contributed by atoms with Gasteiger partial charge in [0, 0.05) is 15.6 Å². The number of hydrogen-bond donors (Lipinski definition) is 1. The molecule has 0 aromatic heterocycles. The Bertz CT molecular complexity index is 1160. The van der Waals surface area contributed by atoms with E-state index < -0.39 is 0 Å². The van der Waals surface area contributed by atoms with Crippen molar-refractivity contribution in [2.75, 3.05) is 0 Å². The van der Waals surface area contributed by atoms with Crippen molar-refractivity contribution in [2.45, 2.75) is 26.9 Å². The molecule has 8 heteroatoms. The van der Waals surface area contributed by atoms with E-state index in [1.807, 2.05) is 50.2 Å². The molecular weight excluding hydrogens is 579 g/mol. The molecule has 0 aliphatic carbocycles. The molecule has 0 saturated carbocycles. The predicted molar refractivity (Wildman–Crippen MR) is 138 cm³/mol. The van der Waals surface area contributed by atoms with Crippen molar-refractivity contribution < 1.29 is 9.53 Å². The van der Waals surface area contributed by atoms with Crippen molar-refractivity contribution in [3.63, 3.8) is 0 Å². The van der Waals surface area contributed by atoms with Gasteiger partial charge in [-0.1, -0.05) is 47.5 Å². The van der Waals surface area contributed by atoms with E-state index in [0.29, 0.717) is 15.8 Å².